The van der Waals surface area contributed by atoms with Gasteiger partial charge in [0.1, 0.15) is 17.2 Å². The number of aromatic nitrogens is 2. The molecule has 0 aliphatic carbocycles. The van der Waals surface area contributed by atoms with Gasteiger partial charge in [-0.15, -0.1) is 0 Å². The van der Waals surface area contributed by atoms with Crippen LogP contribution in [0.5, 0.6) is 0 Å². The van der Waals surface area contributed by atoms with Gasteiger partial charge in [0, 0.05) is 43.2 Å². The van der Waals surface area contributed by atoms with Crippen molar-refractivity contribution in [2.45, 2.75) is 12.8 Å². The summed E-state index contributed by atoms with van der Waals surface area (Å²) in [6.45, 7) is 1.91. The number of amides is 1. The van der Waals surface area contributed by atoms with E-state index in [0.29, 0.717) is 11.1 Å². The van der Waals surface area contributed by atoms with Gasteiger partial charge in [-0.25, -0.2) is 4.39 Å². The molecule has 1 saturated heterocycles. The molecule has 2 aromatic heterocycles. The number of nitrogens with zero attached hydrogens (tertiary/aromatic N) is 3. The molecule has 2 atom stereocenters. The molecule has 1 aliphatic heterocycles. The Labute approximate surface area is 196 Å². The van der Waals surface area contributed by atoms with E-state index in [1.54, 1.807) is 60.4 Å². The van der Waals surface area contributed by atoms with Crippen molar-refractivity contribution in [3.63, 3.8) is 0 Å². The first kappa shape index (κ1) is 23.4. The zero-order valence-electron chi connectivity index (χ0n) is 18.7. The lowest BCUT2D eigenvalue weighted by molar-refractivity contribution is -0.119. The minimum atomic E-state index is -0.749. The van der Waals surface area contributed by atoms with Crippen LogP contribution in [0.25, 0.3) is 0 Å². The Morgan fingerprint density at radius 2 is 1.47 bits per heavy atom. The molecular formula is C26H25FN4O3. The lowest BCUT2D eigenvalue weighted by Gasteiger charge is -2.42. The van der Waals surface area contributed by atoms with Crippen molar-refractivity contribution < 1.29 is 18.8 Å². The molecule has 1 aliphatic rings. The third-order valence-corrected chi connectivity index (χ3v) is 6.33. The maximum absolute atomic E-state index is 14.6. The zero-order chi connectivity index (χ0) is 24.2. The Hall–Kier alpha value is -3.78. The maximum atomic E-state index is 14.6. The summed E-state index contributed by atoms with van der Waals surface area (Å²) < 4.78 is 14.6. The molecule has 4 rings (SSSR count). The van der Waals surface area contributed by atoms with Crippen molar-refractivity contribution in [1.82, 2.24) is 14.9 Å². The van der Waals surface area contributed by atoms with Crippen LogP contribution in [0, 0.1) is 24.6 Å². The summed E-state index contributed by atoms with van der Waals surface area (Å²) in [4.78, 5) is 49.2. The average Bonchev–Trinajstić information content (AvgIpc) is 2.85. The predicted molar refractivity (Wildman–Crippen MR) is 124 cm³/mol. The number of primary amides is 1. The van der Waals surface area contributed by atoms with Crippen LogP contribution < -0.4 is 5.73 Å². The molecule has 2 unspecified atom stereocenters. The highest BCUT2D eigenvalue weighted by Gasteiger charge is 2.46. The van der Waals surface area contributed by atoms with Crippen LogP contribution in [0.2, 0.25) is 0 Å². The number of Topliss-reactive ketones (excluding diaryl/α,β-unsaturated/α-hetero) is 2. The summed E-state index contributed by atoms with van der Waals surface area (Å²) in [5.74, 6) is -3.66. The van der Waals surface area contributed by atoms with Gasteiger partial charge in [0.15, 0.2) is 11.6 Å². The number of rotatable bonds is 7. The number of hydrogen-bond donors (Lipinski definition) is 1. The lowest BCUT2D eigenvalue weighted by atomic mass is 9.68. The van der Waals surface area contributed by atoms with E-state index in [-0.39, 0.29) is 42.6 Å². The Morgan fingerprint density at radius 1 is 0.912 bits per heavy atom. The fourth-order valence-electron chi connectivity index (χ4n) is 4.80. The van der Waals surface area contributed by atoms with Crippen LogP contribution in [-0.2, 0) is 4.79 Å². The van der Waals surface area contributed by atoms with Crippen LogP contribution in [0.3, 0.4) is 0 Å². The Bertz CT molecular complexity index is 1140. The monoisotopic (exact) mass is 460 g/mol. The second-order valence-electron chi connectivity index (χ2n) is 8.51. The topological polar surface area (TPSA) is 106 Å². The molecule has 1 amide bonds. The molecule has 0 bridgehead atoms. The number of piperidine rings is 1. The molecule has 7 nitrogen and oxygen atoms in total. The van der Waals surface area contributed by atoms with Crippen molar-refractivity contribution in [2.24, 2.45) is 17.6 Å². The highest BCUT2D eigenvalue weighted by molar-refractivity contribution is 6.00. The predicted octanol–water partition coefficient (Wildman–Crippen LogP) is 2.81. The van der Waals surface area contributed by atoms with Crippen LogP contribution in [-0.4, -0.2) is 52.0 Å². The number of halogens is 1. The fourth-order valence-corrected chi connectivity index (χ4v) is 4.80. The van der Waals surface area contributed by atoms with Gasteiger partial charge in [-0.3, -0.25) is 29.3 Å². The maximum Gasteiger partial charge on any atom is 0.231 e. The molecule has 0 radical (unpaired) electrons. The van der Waals surface area contributed by atoms with E-state index in [1.807, 2.05) is 0 Å². The smallest absolute Gasteiger partial charge is 0.231 e. The van der Waals surface area contributed by atoms with Crippen molar-refractivity contribution in [3.05, 3.63) is 95.3 Å². The Morgan fingerprint density at radius 3 is 1.94 bits per heavy atom. The summed E-state index contributed by atoms with van der Waals surface area (Å²) in [6, 6.07) is 14.7. The minimum Gasteiger partial charge on any atom is -0.369 e. The second-order valence-corrected chi connectivity index (χ2v) is 8.51. The molecular weight excluding hydrogens is 435 g/mol. The number of ketones is 2. The highest BCUT2D eigenvalue weighted by Crippen LogP contribution is 2.42. The van der Waals surface area contributed by atoms with E-state index in [2.05, 4.69) is 9.97 Å². The number of pyridine rings is 2. The summed E-state index contributed by atoms with van der Waals surface area (Å²) in [6.07, 6.45) is 3.05. The van der Waals surface area contributed by atoms with Gasteiger partial charge in [-0.1, -0.05) is 24.3 Å². The Balaban J connectivity index is 1.86. The zero-order valence-corrected chi connectivity index (χ0v) is 18.7. The molecule has 2 N–H and O–H groups in total. The summed E-state index contributed by atoms with van der Waals surface area (Å²) in [7, 11) is 0. The van der Waals surface area contributed by atoms with Crippen molar-refractivity contribution in [3.8, 4) is 0 Å². The van der Waals surface area contributed by atoms with Gasteiger partial charge < -0.3 is 5.73 Å². The first-order valence-corrected chi connectivity index (χ1v) is 11.0. The number of nitrogens with two attached hydrogens (primary N) is 1. The van der Waals surface area contributed by atoms with Gasteiger partial charge in [-0.2, -0.15) is 0 Å². The largest absolute Gasteiger partial charge is 0.369 e. The van der Waals surface area contributed by atoms with Crippen molar-refractivity contribution >= 4 is 17.5 Å². The Kier molecular flexibility index (Phi) is 6.88. The standard InChI is InChI=1S/C26H25FN4O3/c1-16-17(7-6-8-20(16)27)24-18(25(33)21-9-2-4-11-29-21)13-31(15-23(28)32)14-19(24)26(34)22-10-3-5-12-30-22/h2-12,18-19,24H,13-15H2,1H3,(H2,28,32). The number of carbonyl (C=O) groups is 3. The van der Waals surface area contributed by atoms with E-state index < -0.39 is 29.5 Å². The fraction of sp³-hybridized carbons (Fsp3) is 0.269. The second kappa shape index (κ2) is 10.0. The first-order valence-electron chi connectivity index (χ1n) is 11.0. The van der Waals surface area contributed by atoms with E-state index in [4.69, 9.17) is 5.73 Å². The summed E-state index contributed by atoms with van der Waals surface area (Å²) in [5, 5.41) is 0. The van der Waals surface area contributed by atoms with Gasteiger partial charge in [0.05, 0.1) is 6.54 Å². The molecule has 1 aromatic carbocycles. The summed E-state index contributed by atoms with van der Waals surface area (Å²) >= 11 is 0. The van der Waals surface area contributed by atoms with E-state index in [1.165, 1.54) is 18.5 Å². The van der Waals surface area contributed by atoms with Gasteiger partial charge >= 0.3 is 0 Å². The number of benzene rings is 1. The van der Waals surface area contributed by atoms with E-state index >= 15 is 0 Å². The van der Waals surface area contributed by atoms with Crippen LogP contribution in [0.4, 0.5) is 4.39 Å². The molecule has 0 saturated carbocycles. The van der Waals surface area contributed by atoms with E-state index in [9.17, 15) is 18.8 Å². The van der Waals surface area contributed by atoms with Gasteiger partial charge in [0.25, 0.3) is 0 Å². The van der Waals surface area contributed by atoms with Crippen LogP contribution in [0.1, 0.15) is 38.0 Å². The SMILES string of the molecule is Cc1c(F)cccc1C1C(C(=O)c2ccccn2)CN(CC(N)=O)CC1C(=O)c1ccccn1. The number of likely N-dealkylation sites (tertiary alicyclic amines) is 1. The molecule has 0 spiro atoms. The van der Waals surface area contributed by atoms with Crippen molar-refractivity contribution in [2.75, 3.05) is 19.6 Å². The highest BCUT2D eigenvalue weighted by atomic mass is 19.1. The summed E-state index contributed by atoms with van der Waals surface area (Å²) in [5.41, 5.74) is 6.92. The molecule has 34 heavy (non-hydrogen) atoms. The molecule has 3 heterocycles. The van der Waals surface area contributed by atoms with Crippen LogP contribution in [0.15, 0.2) is 67.0 Å². The quantitative estimate of drug-likeness (QED) is 0.544. The minimum absolute atomic E-state index is 0.104. The van der Waals surface area contributed by atoms with Gasteiger partial charge in [-0.05, 0) is 48.4 Å². The molecule has 1 fully saturated rings. The third-order valence-electron chi connectivity index (χ3n) is 6.33. The van der Waals surface area contributed by atoms with E-state index in [0.717, 1.165) is 0 Å². The molecule has 174 valence electrons. The first-order chi connectivity index (χ1) is 16.4. The van der Waals surface area contributed by atoms with Crippen molar-refractivity contribution in [1.29, 1.82) is 0 Å². The molecule has 8 heteroatoms. The third kappa shape index (κ3) is 4.77. The normalized spacial score (nSPS) is 20.6. The average molecular weight is 461 g/mol. The molecule has 3 aromatic rings. The van der Waals surface area contributed by atoms with Gasteiger partial charge in [0.2, 0.25) is 5.91 Å². The number of carbonyl (C=O) groups excluding carboxylic acids is 3. The lowest BCUT2D eigenvalue weighted by Crippen LogP contribution is -2.52. The number of hydrogen-bond acceptors (Lipinski definition) is 6. The van der Waals surface area contributed by atoms with Crippen LogP contribution >= 0.6 is 0 Å².